The predicted octanol–water partition coefficient (Wildman–Crippen LogP) is 3.59. The van der Waals surface area contributed by atoms with E-state index in [1.165, 1.54) is 0 Å². The number of benzene rings is 1. The molecule has 0 radical (unpaired) electrons. The summed E-state index contributed by atoms with van der Waals surface area (Å²) in [6.45, 7) is 4.03. The number of esters is 1. The minimum absolute atomic E-state index is 0.245. The van der Waals surface area contributed by atoms with Gasteiger partial charge in [-0.15, -0.1) is 0 Å². The third-order valence-corrected chi connectivity index (χ3v) is 4.16. The van der Waals surface area contributed by atoms with Crippen LogP contribution in [0.1, 0.15) is 31.7 Å². The zero-order valence-electron chi connectivity index (χ0n) is 14.9. The van der Waals surface area contributed by atoms with Gasteiger partial charge in [-0.3, -0.25) is 9.78 Å². The molecule has 2 heterocycles. The Morgan fingerprint density at radius 1 is 1.15 bits per heavy atom. The second-order valence-corrected chi connectivity index (χ2v) is 6.48. The van der Waals surface area contributed by atoms with Gasteiger partial charge in [0.15, 0.2) is 0 Å². The maximum Gasteiger partial charge on any atom is 0.315 e. The molecule has 0 aliphatic rings. The molecule has 0 saturated heterocycles. The Hall–Kier alpha value is -3.02. The molecule has 0 unspecified atom stereocenters. The van der Waals surface area contributed by atoms with Crippen molar-refractivity contribution in [1.29, 1.82) is 0 Å². The molecule has 0 aliphatic carbocycles. The fraction of sp³-hybridized carbons (Fsp3) is 0.300. The van der Waals surface area contributed by atoms with Gasteiger partial charge < -0.3 is 9.26 Å². The fourth-order valence-corrected chi connectivity index (χ4v) is 2.51. The third-order valence-electron chi connectivity index (χ3n) is 4.16. The average Bonchev–Trinajstić information content (AvgIpc) is 3.15. The number of carbonyl (C=O) groups is 1. The van der Waals surface area contributed by atoms with E-state index in [9.17, 15) is 4.79 Å². The standard InChI is InChI=1S/C20H21N3O3/c1-20(2,16-9-4-3-5-10-16)19(24)25-13-7-11-17-22-18(23-26-17)15-8-6-12-21-14-15/h3-6,8-10,12,14H,7,11,13H2,1-2H3. The first-order valence-corrected chi connectivity index (χ1v) is 8.53. The molecule has 26 heavy (non-hydrogen) atoms. The highest BCUT2D eigenvalue weighted by Crippen LogP contribution is 2.24. The van der Waals surface area contributed by atoms with Crippen LogP contribution in [0.3, 0.4) is 0 Å². The van der Waals surface area contributed by atoms with Crippen LogP contribution in [-0.4, -0.2) is 27.7 Å². The van der Waals surface area contributed by atoms with Crippen LogP contribution in [0.4, 0.5) is 0 Å². The monoisotopic (exact) mass is 351 g/mol. The first-order valence-electron chi connectivity index (χ1n) is 8.53. The smallest absolute Gasteiger partial charge is 0.315 e. The van der Waals surface area contributed by atoms with E-state index in [0.29, 0.717) is 31.2 Å². The molecule has 1 aromatic carbocycles. The van der Waals surface area contributed by atoms with Crippen molar-refractivity contribution in [2.75, 3.05) is 6.61 Å². The number of carbonyl (C=O) groups excluding carboxylic acids is 1. The molecule has 0 amide bonds. The second-order valence-electron chi connectivity index (χ2n) is 6.48. The lowest BCUT2D eigenvalue weighted by molar-refractivity contribution is -0.149. The van der Waals surface area contributed by atoms with Gasteiger partial charge in [-0.25, -0.2) is 0 Å². The molecule has 0 saturated carbocycles. The average molecular weight is 351 g/mol. The fourth-order valence-electron chi connectivity index (χ4n) is 2.51. The Balaban J connectivity index is 1.49. The third kappa shape index (κ3) is 4.14. The van der Waals surface area contributed by atoms with Crippen molar-refractivity contribution >= 4 is 5.97 Å². The van der Waals surface area contributed by atoms with Gasteiger partial charge in [0.2, 0.25) is 11.7 Å². The van der Waals surface area contributed by atoms with E-state index in [2.05, 4.69) is 15.1 Å². The highest BCUT2D eigenvalue weighted by atomic mass is 16.5. The van der Waals surface area contributed by atoms with Crippen molar-refractivity contribution < 1.29 is 14.1 Å². The Bertz CT molecular complexity index is 845. The molecule has 3 aromatic rings. The summed E-state index contributed by atoms with van der Waals surface area (Å²) in [5.41, 5.74) is 1.06. The van der Waals surface area contributed by atoms with E-state index in [4.69, 9.17) is 9.26 Å². The van der Waals surface area contributed by atoms with Crippen LogP contribution in [0.2, 0.25) is 0 Å². The van der Waals surface area contributed by atoms with Gasteiger partial charge in [0.1, 0.15) is 0 Å². The van der Waals surface area contributed by atoms with Crippen LogP contribution in [0, 0.1) is 0 Å². The van der Waals surface area contributed by atoms with Crippen LogP contribution in [0.25, 0.3) is 11.4 Å². The molecule has 3 rings (SSSR count). The molecule has 0 N–H and O–H groups in total. The van der Waals surface area contributed by atoms with Gasteiger partial charge in [-0.05, 0) is 38.0 Å². The molecule has 0 spiro atoms. The Morgan fingerprint density at radius 2 is 1.96 bits per heavy atom. The molecule has 2 aromatic heterocycles. The van der Waals surface area contributed by atoms with Crippen molar-refractivity contribution in [2.45, 2.75) is 32.1 Å². The number of hydrogen-bond donors (Lipinski definition) is 0. The number of aryl methyl sites for hydroxylation is 1. The van der Waals surface area contributed by atoms with Gasteiger partial charge in [0.05, 0.1) is 12.0 Å². The maximum absolute atomic E-state index is 12.4. The highest BCUT2D eigenvalue weighted by Gasteiger charge is 2.31. The lowest BCUT2D eigenvalue weighted by Gasteiger charge is -2.23. The van der Waals surface area contributed by atoms with Gasteiger partial charge in [-0.2, -0.15) is 4.98 Å². The lowest BCUT2D eigenvalue weighted by atomic mass is 9.85. The van der Waals surface area contributed by atoms with Crippen molar-refractivity contribution in [3.05, 3.63) is 66.3 Å². The molecule has 0 bridgehead atoms. The van der Waals surface area contributed by atoms with Crippen molar-refractivity contribution in [3.63, 3.8) is 0 Å². The summed E-state index contributed by atoms with van der Waals surface area (Å²) in [5, 5.41) is 3.95. The second kappa shape index (κ2) is 7.91. The molecular weight excluding hydrogens is 330 g/mol. The quantitative estimate of drug-likeness (QED) is 0.478. The van der Waals surface area contributed by atoms with Crippen LogP contribution in [-0.2, 0) is 21.4 Å². The summed E-state index contributed by atoms with van der Waals surface area (Å²) in [4.78, 5) is 20.8. The molecule has 6 nitrogen and oxygen atoms in total. The van der Waals surface area contributed by atoms with Gasteiger partial charge in [0, 0.05) is 24.4 Å². The summed E-state index contributed by atoms with van der Waals surface area (Å²) < 4.78 is 10.7. The zero-order chi connectivity index (χ0) is 18.4. The number of ether oxygens (including phenoxy) is 1. The van der Waals surface area contributed by atoms with Crippen LogP contribution in [0.5, 0.6) is 0 Å². The Kier molecular flexibility index (Phi) is 5.41. The van der Waals surface area contributed by atoms with Crippen molar-refractivity contribution in [3.8, 4) is 11.4 Å². The largest absolute Gasteiger partial charge is 0.465 e. The van der Waals surface area contributed by atoms with E-state index in [0.717, 1.165) is 11.1 Å². The number of hydrogen-bond acceptors (Lipinski definition) is 6. The van der Waals surface area contributed by atoms with Gasteiger partial charge >= 0.3 is 5.97 Å². The zero-order valence-corrected chi connectivity index (χ0v) is 14.9. The first-order chi connectivity index (χ1) is 12.6. The molecular formula is C20H21N3O3. The highest BCUT2D eigenvalue weighted by molar-refractivity contribution is 5.82. The van der Waals surface area contributed by atoms with E-state index in [-0.39, 0.29) is 5.97 Å². The summed E-state index contributed by atoms with van der Waals surface area (Å²) in [7, 11) is 0. The van der Waals surface area contributed by atoms with Gasteiger partial charge in [0.25, 0.3) is 0 Å². The lowest BCUT2D eigenvalue weighted by Crippen LogP contribution is -2.31. The predicted molar refractivity (Wildman–Crippen MR) is 96.3 cm³/mol. The maximum atomic E-state index is 12.4. The Morgan fingerprint density at radius 3 is 2.69 bits per heavy atom. The normalized spacial score (nSPS) is 11.3. The van der Waals surface area contributed by atoms with E-state index < -0.39 is 5.41 Å². The first kappa shape index (κ1) is 17.8. The number of rotatable bonds is 7. The number of aromatic nitrogens is 3. The molecule has 6 heteroatoms. The van der Waals surface area contributed by atoms with Crippen LogP contribution >= 0.6 is 0 Å². The minimum atomic E-state index is -0.681. The Labute approximate surface area is 152 Å². The van der Waals surface area contributed by atoms with Gasteiger partial charge in [-0.1, -0.05) is 35.5 Å². The van der Waals surface area contributed by atoms with E-state index >= 15 is 0 Å². The minimum Gasteiger partial charge on any atom is -0.465 e. The summed E-state index contributed by atoms with van der Waals surface area (Å²) in [6.07, 6.45) is 4.54. The van der Waals surface area contributed by atoms with E-state index in [1.807, 2.05) is 56.3 Å². The van der Waals surface area contributed by atoms with Crippen LogP contribution in [0.15, 0.2) is 59.4 Å². The topological polar surface area (TPSA) is 78.1 Å². The molecule has 0 fully saturated rings. The summed E-state index contributed by atoms with van der Waals surface area (Å²) in [5.74, 6) is 0.780. The number of pyridine rings is 1. The van der Waals surface area contributed by atoms with E-state index in [1.54, 1.807) is 12.4 Å². The van der Waals surface area contributed by atoms with Crippen molar-refractivity contribution in [2.24, 2.45) is 0 Å². The summed E-state index contributed by atoms with van der Waals surface area (Å²) in [6, 6.07) is 13.3. The van der Waals surface area contributed by atoms with Crippen molar-refractivity contribution in [1.82, 2.24) is 15.1 Å². The molecule has 0 aliphatic heterocycles. The number of nitrogens with zero attached hydrogens (tertiary/aromatic N) is 3. The SMILES string of the molecule is CC(C)(C(=O)OCCCc1nc(-c2cccnc2)no1)c1ccccc1. The van der Waals surface area contributed by atoms with Crippen LogP contribution < -0.4 is 0 Å². The summed E-state index contributed by atoms with van der Waals surface area (Å²) >= 11 is 0. The molecule has 134 valence electrons. The molecule has 0 atom stereocenters.